The van der Waals surface area contributed by atoms with E-state index in [2.05, 4.69) is 4.72 Å². The summed E-state index contributed by atoms with van der Waals surface area (Å²) in [5.74, 6) is -0.744. The average Bonchev–Trinajstić information content (AvgIpc) is 2.63. The van der Waals surface area contributed by atoms with Gasteiger partial charge in [0, 0.05) is 12.1 Å². The Morgan fingerprint density at radius 2 is 1.75 bits per heavy atom. The molecule has 6 heteroatoms. The topological polar surface area (TPSA) is 72.2 Å². The van der Waals surface area contributed by atoms with Crippen LogP contribution in [0.1, 0.15) is 38.5 Å². The highest BCUT2D eigenvalue weighted by Crippen LogP contribution is 2.25. The van der Waals surface area contributed by atoms with Crippen LogP contribution in [-0.4, -0.2) is 20.5 Å². The highest BCUT2D eigenvalue weighted by molar-refractivity contribution is 7.89. The Hall–Kier alpha value is -0.980. The lowest BCUT2D eigenvalue weighted by Gasteiger charge is -2.28. The average molecular weight is 300 g/mol. The number of benzene rings is 1. The van der Waals surface area contributed by atoms with Crippen molar-refractivity contribution in [1.82, 2.24) is 4.72 Å². The highest BCUT2D eigenvalue weighted by atomic mass is 32.2. The number of rotatable bonds is 4. The molecule has 1 fully saturated rings. The summed E-state index contributed by atoms with van der Waals surface area (Å²) in [5.41, 5.74) is 5.74. The first-order valence-corrected chi connectivity index (χ1v) is 8.44. The summed E-state index contributed by atoms with van der Waals surface area (Å²) >= 11 is 0. The number of hydrogen-bond acceptors (Lipinski definition) is 3. The summed E-state index contributed by atoms with van der Waals surface area (Å²) in [6.45, 7) is 0.156. The van der Waals surface area contributed by atoms with Gasteiger partial charge in [-0.15, -0.1) is 0 Å². The summed E-state index contributed by atoms with van der Waals surface area (Å²) < 4.78 is 40.3. The van der Waals surface area contributed by atoms with E-state index >= 15 is 0 Å². The van der Waals surface area contributed by atoms with Crippen LogP contribution in [0.3, 0.4) is 0 Å². The van der Waals surface area contributed by atoms with Crippen molar-refractivity contribution in [2.45, 2.75) is 49.0 Å². The van der Waals surface area contributed by atoms with E-state index in [-0.39, 0.29) is 11.4 Å². The molecule has 20 heavy (non-hydrogen) atoms. The Morgan fingerprint density at radius 1 is 1.15 bits per heavy atom. The summed E-state index contributed by atoms with van der Waals surface area (Å²) in [6, 6.07) is 5.36. The van der Waals surface area contributed by atoms with Gasteiger partial charge in [-0.3, -0.25) is 0 Å². The SMILES string of the molecule is NC1(CNS(=O)(=O)c2ccccc2F)CCCCCC1. The number of sulfonamides is 1. The Bertz CT molecular complexity index is 552. The van der Waals surface area contributed by atoms with Crippen LogP contribution < -0.4 is 10.5 Å². The molecule has 0 aliphatic heterocycles. The van der Waals surface area contributed by atoms with E-state index in [4.69, 9.17) is 5.73 Å². The smallest absolute Gasteiger partial charge is 0.243 e. The van der Waals surface area contributed by atoms with Crippen molar-refractivity contribution in [2.75, 3.05) is 6.54 Å². The second-order valence-electron chi connectivity index (χ2n) is 5.53. The maximum absolute atomic E-state index is 13.6. The predicted octanol–water partition coefficient (Wildman–Crippen LogP) is 2.16. The van der Waals surface area contributed by atoms with Crippen molar-refractivity contribution < 1.29 is 12.8 Å². The van der Waals surface area contributed by atoms with Gasteiger partial charge in [0.1, 0.15) is 10.7 Å². The first-order valence-electron chi connectivity index (χ1n) is 6.96. The molecule has 0 aromatic heterocycles. The summed E-state index contributed by atoms with van der Waals surface area (Å²) in [4.78, 5) is -0.322. The first kappa shape index (κ1) is 15.4. The van der Waals surface area contributed by atoms with E-state index in [0.29, 0.717) is 0 Å². The van der Waals surface area contributed by atoms with Crippen LogP contribution in [0.4, 0.5) is 4.39 Å². The largest absolute Gasteiger partial charge is 0.324 e. The van der Waals surface area contributed by atoms with E-state index in [1.54, 1.807) is 0 Å². The lowest BCUT2D eigenvalue weighted by molar-refractivity contribution is 0.368. The lowest BCUT2D eigenvalue weighted by atomic mass is 9.92. The van der Waals surface area contributed by atoms with Crippen LogP contribution in [0, 0.1) is 5.82 Å². The van der Waals surface area contributed by atoms with Gasteiger partial charge in [-0.05, 0) is 25.0 Å². The van der Waals surface area contributed by atoms with Crippen molar-refractivity contribution in [3.63, 3.8) is 0 Å². The van der Waals surface area contributed by atoms with Gasteiger partial charge in [0.2, 0.25) is 10.0 Å². The quantitative estimate of drug-likeness (QED) is 0.837. The van der Waals surface area contributed by atoms with Crippen LogP contribution in [0.25, 0.3) is 0 Å². The van der Waals surface area contributed by atoms with Gasteiger partial charge in [-0.2, -0.15) is 0 Å². The fourth-order valence-electron chi connectivity index (χ4n) is 2.59. The second-order valence-corrected chi connectivity index (χ2v) is 7.27. The summed E-state index contributed by atoms with van der Waals surface area (Å²) in [7, 11) is -3.85. The van der Waals surface area contributed by atoms with Crippen LogP contribution in [0.2, 0.25) is 0 Å². The fourth-order valence-corrected chi connectivity index (χ4v) is 3.80. The Kier molecular flexibility index (Phi) is 4.78. The molecule has 2 rings (SSSR count). The normalized spacial score (nSPS) is 19.5. The van der Waals surface area contributed by atoms with Crippen LogP contribution in [-0.2, 0) is 10.0 Å². The Balaban J connectivity index is 2.07. The van der Waals surface area contributed by atoms with E-state index in [0.717, 1.165) is 44.6 Å². The third-order valence-corrected chi connectivity index (χ3v) is 5.27. The second kappa shape index (κ2) is 6.20. The standard InChI is InChI=1S/C14H21FN2O2S/c15-12-7-3-4-8-13(12)20(18,19)17-11-14(16)9-5-1-2-6-10-14/h3-4,7-8,17H,1-2,5-6,9-11,16H2. The zero-order valence-corrected chi connectivity index (χ0v) is 12.3. The summed E-state index contributed by atoms with van der Waals surface area (Å²) in [6.07, 6.45) is 5.90. The van der Waals surface area contributed by atoms with Gasteiger partial charge in [-0.1, -0.05) is 37.8 Å². The molecule has 3 N–H and O–H groups in total. The molecule has 1 aromatic rings. The van der Waals surface area contributed by atoms with Gasteiger partial charge in [0.25, 0.3) is 0 Å². The predicted molar refractivity (Wildman–Crippen MR) is 76.2 cm³/mol. The minimum absolute atomic E-state index is 0.156. The third-order valence-electron chi connectivity index (χ3n) is 3.84. The van der Waals surface area contributed by atoms with Crippen molar-refractivity contribution in [3.8, 4) is 0 Å². The molecule has 1 aliphatic rings. The monoisotopic (exact) mass is 300 g/mol. The van der Waals surface area contributed by atoms with E-state index in [1.165, 1.54) is 18.2 Å². The molecule has 1 aromatic carbocycles. The van der Waals surface area contributed by atoms with Gasteiger partial charge in [0.15, 0.2) is 0 Å². The molecule has 0 unspecified atom stereocenters. The lowest BCUT2D eigenvalue weighted by Crippen LogP contribution is -2.49. The van der Waals surface area contributed by atoms with Gasteiger partial charge in [-0.25, -0.2) is 17.5 Å². The van der Waals surface area contributed by atoms with Crippen molar-refractivity contribution >= 4 is 10.0 Å². The van der Waals surface area contributed by atoms with Gasteiger partial charge < -0.3 is 5.73 Å². The molecule has 0 spiro atoms. The molecule has 0 atom stereocenters. The molecule has 1 saturated carbocycles. The summed E-state index contributed by atoms with van der Waals surface area (Å²) in [5, 5.41) is 0. The number of halogens is 1. The minimum atomic E-state index is -3.85. The first-order chi connectivity index (χ1) is 9.43. The van der Waals surface area contributed by atoms with Crippen LogP contribution in [0.15, 0.2) is 29.2 Å². The maximum Gasteiger partial charge on any atom is 0.243 e. The van der Waals surface area contributed by atoms with Crippen LogP contribution >= 0.6 is 0 Å². The zero-order chi connectivity index (χ0) is 14.6. The van der Waals surface area contributed by atoms with Crippen LogP contribution in [0.5, 0.6) is 0 Å². The minimum Gasteiger partial charge on any atom is -0.324 e. The molecule has 1 aliphatic carbocycles. The van der Waals surface area contributed by atoms with Crippen molar-refractivity contribution in [2.24, 2.45) is 5.73 Å². The molecule has 0 bridgehead atoms. The Labute approximate surface area is 119 Å². The molecule has 112 valence electrons. The molecular formula is C14H21FN2O2S. The Morgan fingerprint density at radius 3 is 2.35 bits per heavy atom. The highest BCUT2D eigenvalue weighted by Gasteiger charge is 2.29. The number of nitrogens with two attached hydrogens (primary N) is 1. The van der Waals surface area contributed by atoms with Gasteiger partial charge >= 0.3 is 0 Å². The van der Waals surface area contributed by atoms with Crippen molar-refractivity contribution in [1.29, 1.82) is 0 Å². The molecule has 0 radical (unpaired) electrons. The molecule has 4 nitrogen and oxygen atoms in total. The molecule has 0 saturated heterocycles. The van der Waals surface area contributed by atoms with Crippen molar-refractivity contribution in [3.05, 3.63) is 30.1 Å². The van der Waals surface area contributed by atoms with E-state index in [1.807, 2.05) is 0 Å². The zero-order valence-electron chi connectivity index (χ0n) is 11.4. The fraction of sp³-hybridized carbons (Fsp3) is 0.571. The number of hydrogen-bond donors (Lipinski definition) is 2. The molecule has 0 heterocycles. The van der Waals surface area contributed by atoms with E-state index < -0.39 is 21.4 Å². The van der Waals surface area contributed by atoms with E-state index in [9.17, 15) is 12.8 Å². The number of nitrogens with one attached hydrogen (secondary N) is 1. The third kappa shape index (κ3) is 3.77. The molecular weight excluding hydrogens is 279 g/mol. The maximum atomic E-state index is 13.6. The molecule has 0 amide bonds. The van der Waals surface area contributed by atoms with Gasteiger partial charge in [0.05, 0.1) is 0 Å².